The fourth-order valence-corrected chi connectivity index (χ4v) is 2.43. The first kappa shape index (κ1) is 13.6. The number of amides is 1. The molecule has 3 N–H and O–H groups in total. The summed E-state index contributed by atoms with van der Waals surface area (Å²) >= 11 is 0. The van der Waals surface area contributed by atoms with Gasteiger partial charge in [-0.3, -0.25) is 4.79 Å². The second-order valence-electron chi connectivity index (χ2n) is 4.98. The average molecular weight is 266 g/mol. The number of hydrogen-bond acceptors (Lipinski definition) is 3. The lowest BCUT2D eigenvalue weighted by atomic mass is 9.91. The van der Waals surface area contributed by atoms with Crippen LogP contribution >= 0.6 is 0 Å². The normalized spacial score (nSPS) is 18.3. The lowest BCUT2D eigenvalue weighted by molar-refractivity contribution is -0.150. The standard InChI is InChI=1S/C13H18N2O4/c1-8-6-10(7-14-8)12(17)15-4-2-9(3-5-15)11(16)13(18)19/h6-7,9,11,14,16H,2-5H2,1H3,(H,18,19). The Morgan fingerprint density at radius 2 is 2.05 bits per heavy atom. The van der Waals surface area contributed by atoms with Crippen molar-refractivity contribution >= 4 is 11.9 Å². The molecule has 2 rings (SSSR count). The predicted molar refractivity (Wildman–Crippen MR) is 67.8 cm³/mol. The average Bonchev–Trinajstić information content (AvgIpc) is 2.84. The zero-order valence-electron chi connectivity index (χ0n) is 10.8. The minimum atomic E-state index is -1.33. The van der Waals surface area contributed by atoms with E-state index in [0.717, 1.165) is 5.69 Å². The number of aliphatic hydroxyl groups excluding tert-OH is 1. The molecule has 0 saturated carbocycles. The van der Waals surface area contributed by atoms with E-state index in [4.69, 9.17) is 5.11 Å². The van der Waals surface area contributed by atoms with Gasteiger partial charge < -0.3 is 20.1 Å². The third kappa shape index (κ3) is 2.96. The summed E-state index contributed by atoms with van der Waals surface area (Å²) in [5.41, 5.74) is 1.55. The summed E-state index contributed by atoms with van der Waals surface area (Å²) in [6, 6.07) is 1.79. The van der Waals surface area contributed by atoms with Crippen molar-refractivity contribution < 1.29 is 19.8 Å². The molecule has 1 aromatic rings. The van der Waals surface area contributed by atoms with Gasteiger partial charge in [-0.05, 0) is 31.7 Å². The number of nitrogens with one attached hydrogen (secondary N) is 1. The number of aryl methyl sites for hydroxylation is 1. The van der Waals surface area contributed by atoms with Crippen LogP contribution in [-0.2, 0) is 4.79 Å². The number of aromatic amines is 1. The Morgan fingerprint density at radius 1 is 1.42 bits per heavy atom. The number of carboxylic acid groups (broad SMARTS) is 1. The number of carbonyl (C=O) groups is 2. The molecule has 104 valence electrons. The number of piperidine rings is 1. The molecular weight excluding hydrogens is 248 g/mol. The summed E-state index contributed by atoms with van der Waals surface area (Å²) < 4.78 is 0. The van der Waals surface area contributed by atoms with Gasteiger partial charge in [0.2, 0.25) is 0 Å². The summed E-state index contributed by atoms with van der Waals surface area (Å²) in [5.74, 6) is -1.51. The van der Waals surface area contributed by atoms with E-state index in [1.54, 1.807) is 17.2 Å². The minimum absolute atomic E-state index is 0.0485. The third-order valence-electron chi connectivity index (χ3n) is 3.60. The van der Waals surface area contributed by atoms with Crippen LogP contribution in [0.2, 0.25) is 0 Å². The zero-order valence-corrected chi connectivity index (χ0v) is 10.8. The van der Waals surface area contributed by atoms with Gasteiger partial charge in [-0.2, -0.15) is 0 Å². The second kappa shape index (κ2) is 5.44. The number of aliphatic carboxylic acids is 1. The van der Waals surface area contributed by atoms with Crippen LogP contribution < -0.4 is 0 Å². The predicted octanol–water partition coefficient (Wildman–Crippen LogP) is 0.621. The van der Waals surface area contributed by atoms with E-state index < -0.39 is 12.1 Å². The molecule has 1 saturated heterocycles. The molecule has 1 aliphatic rings. The molecule has 0 bridgehead atoms. The van der Waals surface area contributed by atoms with Crippen molar-refractivity contribution in [3.8, 4) is 0 Å². The van der Waals surface area contributed by atoms with Gasteiger partial charge in [0.15, 0.2) is 6.10 Å². The van der Waals surface area contributed by atoms with Crippen molar-refractivity contribution in [1.82, 2.24) is 9.88 Å². The topological polar surface area (TPSA) is 93.6 Å². The number of aromatic nitrogens is 1. The monoisotopic (exact) mass is 266 g/mol. The van der Waals surface area contributed by atoms with E-state index in [9.17, 15) is 14.7 Å². The number of nitrogens with zero attached hydrogens (tertiary/aromatic N) is 1. The molecular formula is C13H18N2O4. The molecule has 0 radical (unpaired) electrons. The molecule has 6 heteroatoms. The minimum Gasteiger partial charge on any atom is -0.479 e. The molecule has 1 amide bonds. The highest BCUT2D eigenvalue weighted by molar-refractivity contribution is 5.94. The van der Waals surface area contributed by atoms with Gasteiger partial charge in [-0.25, -0.2) is 4.79 Å². The smallest absolute Gasteiger partial charge is 0.332 e. The van der Waals surface area contributed by atoms with Gasteiger partial charge in [0.1, 0.15) is 0 Å². The molecule has 1 aliphatic heterocycles. The van der Waals surface area contributed by atoms with Crippen molar-refractivity contribution in [3.05, 3.63) is 23.5 Å². The largest absolute Gasteiger partial charge is 0.479 e. The molecule has 1 unspecified atom stereocenters. The third-order valence-corrected chi connectivity index (χ3v) is 3.60. The molecule has 1 fully saturated rings. The van der Waals surface area contributed by atoms with E-state index in [0.29, 0.717) is 31.5 Å². The van der Waals surface area contributed by atoms with Crippen molar-refractivity contribution in [1.29, 1.82) is 0 Å². The van der Waals surface area contributed by atoms with E-state index in [-0.39, 0.29) is 11.8 Å². The number of H-pyrrole nitrogens is 1. The van der Waals surface area contributed by atoms with Crippen LogP contribution in [0, 0.1) is 12.8 Å². The Hall–Kier alpha value is -1.82. The highest BCUT2D eigenvalue weighted by atomic mass is 16.4. The molecule has 0 aromatic carbocycles. The van der Waals surface area contributed by atoms with Gasteiger partial charge in [-0.15, -0.1) is 0 Å². The number of carbonyl (C=O) groups excluding carboxylic acids is 1. The first-order chi connectivity index (χ1) is 8.99. The second-order valence-corrected chi connectivity index (χ2v) is 4.98. The molecule has 1 atom stereocenters. The highest BCUT2D eigenvalue weighted by Crippen LogP contribution is 2.22. The molecule has 2 heterocycles. The van der Waals surface area contributed by atoms with E-state index in [2.05, 4.69) is 4.98 Å². The summed E-state index contributed by atoms with van der Waals surface area (Å²) in [6.07, 6.45) is 1.38. The van der Waals surface area contributed by atoms with Crippen molar-refractivity contribution in [2.75, 3.05) is 13.1 Å². The first-order valence-corrected chi connectivity index (χ1v) is 6.34. The Balaban J connectivity index is 1.93. The van der Waals surface area contributed by atoms with Crippen LogP contribution in [0.5, 0.6) is 0 Å². The van der Waals surface area contributed by atoms with Gasteiger partial charge in [0.25, 0.3) is 5.91 Å². The summed E-state index contributed by atoms with van der Waals surface area (Å²) in [6.45, 7) is 2.85. The maximum atomic E-state index is 12.2. The zero-order chi connectivity index (χ0) is 14.0. The molecule has 0 aliphatic carbocycles. The number of rotatable bonds is 3. The molecule has 1 aromatic heterocycles. The lowest BCUT2D eigenvalue weighted by Gasteiger charge is -2.32. The Bertz CT molecular complexity index is 475. The first-order valence-electron chi connectivity index (χ1n) is 6.34. The van der Waals surface area contributed by atoms with Crippen molar-refractivity contribution in [2.24, 2.45) is 5.92 Å². The molecule has 19 heavy (non-hydrogen) atoms. The Kier molecular flexibility index (Phi) is 3.90. The fraction of sp³-hybridized carbons (Fsp3) is 0.538. The fourth-order valence-electron chi connectivity index (χ4n) is 2.43. The Labute approximate surface area is 111 Å². The van der Waals surface area contributed by atoms with Crippen LogP contribution in [0.4, 0.5) is 0 Å². The van der Waals surface area contributed by atoms with E-state index >= 15 is 0 Å². The molecule has 0 spiro atoms. The lowest BCUT2D eigenvalue weighted by Crippen LogP contribution is -2.43. The van der Waals surface area contributed by atoms with Crippen LogP contribution in [0.3, 0.4) is 0 Å². The molecule has 6 nitrogen and oxygen atoms in total. The maximum absolute atomic E-state index is 12.2. The quantitative estimate of drug-likeness (QED) is 0.747. The van der Waals surface area contributed by atoms with Crippen LogP contribution in [-0.4, -0.2) is 51.2 Å². The van der Waals surface area contributed by atoms with Gasteiger partial charge in [0.05, 0.1) is 5.56 Å². The van der Waals surface area contributed by atoms with Crippen LogP contribution in [0.1, 0.15) is 28.9 Å². The maximum Gasteiger partial charge on any atom is 0.332 e. The van der Waals surface area contributed by atoms with Crippen molar-refractivity contribution in [3.63, 3.8) is 0 Å². The number of hydrogen-bond donors (Lipinski definition) is 3. The Morgan fingerprint density at radius 3 is 2.53 bits per heavy atom. The van der Waals surface area contributed by atoms with Crippen LogP contribution in [0.25, 0.3) is 0 Å². The van der Waals surface area contributed by atoms with Crippen LogP contribution in [0.15, 0.2) is 12.3 Å². The highest BCUT2D eigenvalue weighted by Gasteiger charge is 2.31. The van der Waals surface area contributed by atoms with Gasteiger partial charge in [0, 0.05) is 25.0 Å². The summed E-state index contributed by atoms with van der Waals surface area (Å²) in [5, 5.41) is 18.2. The van der Waals surface area contributed by atoms with E-state index in [1.807, 2.05) is 6.92 Å². The number of likely N-dealkylation sites (tertiary alicyclic amines) is 1. The number of carboxylic acids is 1. The van der Waals surface area contributed by atoms with Crippen molar-refractivity contribution in [2.45, 2.75) is 25.9 Å². The van der Waals surface area contributed by atoms with E-state index in [1.165, 1.54) is 0 Å². The summed E-state index contributed by atoms with van der Waals surface area (Å²) in [7, 11) is 0. The van der Waals surface area contributed by atoms with Gasteiger partial charge in [-0.1, -0.05) is 0 Å². The van der Waals surface area contributed by atoms with Gasteiger partial charge >= 0.3 is 5.97 Å². The summed E-state index contributed by atoms with van der Waals surface area (Å²) in [4.78, 5) is 27.5. The SMILES string of the molecule is Cc1cc(C(=O)N2CCC(C(O)C(=O)O)CC2)c[nH]1. The number of aliphatic hydroxyl groups is 1.